The van der Waals surface area contributed by atoms with Crippen LogP contribution < -0.4 is 20.9 Å². The molecule has 3 fully saturated rings. The molecule has 34 heavy (non-hydrogen) atoms. The molecule has 0 aromatic heterocycles. The van der Waals surface area contributed by atoms with Gasteiger partial charge in [0.1, 0.15) is 6.04 Å². The maximum absolute atomic E-state index is 13.4. The van der Waals surface area contributed by atoms with Gasteiger partial charge in [-0.1, -0.05) is 18.2 Å². The maximum atomic E-state index is 13.4. The summed E-state index contributed by atoms with van der Waals surface area (Å²) in [6.45, 7) is 3.54. The molecule has 0 radical (unpaired) electrons. The van der Waals surface area contributed by atoms with E-state index in [4.69, 9.17) is 0 Å². The highest BCUT2D eigenvalue weighted by molar-refractivity contribution is 7.90. The summed E-state index contributed by atoms with van der Waals surface area (Å²) in [6.07, 6.45) is -0.328. The van der Waals surface area contributed by atoms with Crippen LogP contribution in [-0.4, -0.2) is 98.0 Å². The van der Waals surface area contributed by atoms with Gasteiger partial charge in [-0.2, -0.15) is 4.31 Å². The van der Waals surface area contributed by atoms with Crippen LogP contribution in [-0.2, 0) is 24.4 Å². The van der Waals surface area contributed by atoms with Crippen LogP contribution in [0.1, 0.15) is 13.3 Å². The second-order valence-electron chi connectivity index (χ2n) is 8.54. The topological polar surface area (TPSA) is 148 Å². The van der Waals surface area contributed by atoms with Gasteiger partial charge in [0, 0.05) is 45.0 Å². The summed E-state index contributed by atoms with van der Waals surface area (Å²) >= 11 is 0. The number of hydrogen-bond donors (Lipinski definition) is 3. The molecule has 3 heterocycles. The Bertz CT molecular complexity index is 1070. The third-order valence-electron chi connectivity index (χ3n) is 6.36. The molecule has 13 heteroatoms. The summed E-state index contributed by atoms with van der Waals surface area (Å²) in [4.78, 5) is 53.3. The molecule has 3 N–H and O–H groups in total. The number of sulfonamides is 1. The van der Waals surface area contributed by atoms with Gasteiger partial charge in [-0.15, -0.1) is 0 Å². The number of imide groups is 1. The van der Waals surface area contributed by atoms with Gasteiger partial charge < -0.3 is 20.4 Å². The maximum Gasteiger partial charge on any atom is 0.321 e. The number of hydrogen-bond acceptors (Lipinski definition) is 7. The minimum absolute atomic E-state index is 0.0631. The molecule has 3 aliphatic rings. The molecule has 0 aliphatic carbocycles. The lowest BCUT2D eigenvalue weighted by molar-refractivity contribution is -0.137. The van der Waals surface area contributed by atoms with Crippen LogP contribution in [0.25, 0.3) is 0 Å². The summed E-state index contributed by atoms with van der Waals surface area (Å²) in [5.41, 5.74) is 1.06. The normalized spacial score (nSPS) is 26.5. The van der Waals surface area contributed by atoms with Gasteiger partial charge >= 0.3 is 6.03 Å². The van der Waals surface area contributed by atoms with Gasteiger partial charge in [0.25, 0.3) is 0 Å². The molecule has 0 bridgehead atoms. The fourth-order valence-corrected chi connectivity index (χ4v) is 6.68. The van der Waals surface area contributed by atoms with Crippen molar-refractivity contribution in [2.75, 3.05) is 44.2 Å². The number of urea groups is 1. The Morgan fingerprint density at radius 2 is 1.68 bits per heavy atom. The molecular formula is C21H28N6O6S. The van der Waals surface area contributed by atoms with Gasteiger partial charge in [-0.25, -0.2) is 13.2 Å². The Balaban J connectivity index is 1.45. The first-order valence-corrected chi connectivity index (χ1v) is 12.7. The molecule has 3 atom stereocenters. The summed E-state index contributed by atoms with van der Waals surface area (Å²) < 4.78 is 27.7. The zero-order chi connectivity index (χ0) is 24.5. The summed E-state index contributed by atoms with van der Waals surface area (Å²) in [5, 5.41) is 5.36. The van der Waals surface area contributed by atoms with Crippen LogP contribution in [0.2, 0.25) is 0 Å². The van der Waals surface area contributed by atoms with E-state index < -0.39 is 45.2 Å². The second-order valence-corrected chi connectivity index (χ2v) is 10.5. The van der Waals surface area contributed by atoms with Crippen molar-refractivity contribution in [2.24, 2.45) is 0 Å². The predicted molar refractivity (Wildman–Crippen MR) is 122 cm³/mol. The first-order valence-electron chi connectivity index (χ1n) is 11.2. The van der Waals surface area contributed by atoms with Crippen molar-refractivity contribution >= 4 is 39.5 Å². The fraction of sp³-hybridized carbons (Fsp3) is 0.524. The first-order chi connectivity index (χ1) is 16.2. The third kappa shape index (κ3) is 4.71. The fourth-order valence-electron chi connectivity index (χ4n) is 4.61. The van der Waals surface area contributed by atoms with Crippen LogP contribution >= 0.6 is 0 Å². The number of benzene rings is 1. The van der Waals surface area contributed by atoms with Crippen molar-refractivity contribution < 1.29 is 27.6 Å². The Kier molecular flexibility index (Phi) is 6.75. The van der Waals surface area contributed by atoms with Crippen LogP contribution in [0, 0.1) is 0 Å². The molecule has 4 rings (SSSR count). The largest absolute Gasteiger partial charge is 0.368 e. The van der Waals surface area contributed by atoms with E-state index in [9.17, 15) is 27.6 Å². The number of carbonyl (C=O) groups is 4. The molecule has 1 aromatic carbocycles. The van der Waals surface area contributed by atoms with Crippen molar-refractivity contribution in [1.82, 2.24) is 25.2 Å². The second kappa shape index (κ2) is 9.58. The molecule has 3 aliphatic heterocycles. The quantitative estimate of drug-likeness (QED) is 0.451. The van der Waals surface area contributed by atoms with Crippen LogP contribution in [0.4, 0.5) is 10.5 Å². The van der Waals surface area contributed by atoms with Gasteiger partial charge in [0.05, 0.1) is 12.5 Å². The third-order valence-corrected chi connectivity index (χ3v) is 8.71. The van der Waals surface area contributed by atoms with Crippen molar-refractivity contribution in [3.8, 4) is 0 Å². The Morgan fingerprint density at radius 1 is 1.00 bits per heavy atom. The monoisotopic (exact) mass is 492 g/mol. The molecule has 5 amide bonds. The average molecular weight is 493 g/mol. The molecule has 1 aromatic rings. The van der Waals surface area contributed by atoms with E-state index >= 15 is 0 Å². The minimum atomic E-state index is -4.34. The summed E-state index contributed by atoms with van der Waals surface area (Å²) in [7, 11) is -4.34. The number of amides is 5. The molecule has 3 saturated heterocycles. The number of nitrogens with one attached hydrogen (secondary N) is 3. The van der Waals surface area contributed by atoms with Crippen molar-refractivity contribution in [3.05, 3.63) is 30.3 Å². The molecule has 184 valence electrons. The minimum Gasteiger partial charge on any atom is -0.368 e. The summed E-state index contributed by atoms with van der Waals surface area (Å²) in [6, 6.07) is 6.79. The highest BCUT2D eigenvalue weighted by Gasteiger charge is 2.49. The highest BCUT2D eigenvalue weighted by Crippen LogP contribution is 2.23. The van der Waals surface area contributed by atoms with Crippen molar-refractivity contribution in [1.29, 1.82) is 0 Å². The van der Waals surface area contributed by atoms with E-state index in [0.29, 0.717) is 26.2 Å². The molecule has 12 nitrogen and oxygen atoms in total. The lowest BCUT2D eigenvalue weighted by Crippen LogP contribution is -2.67. The summed E-state index contributed by atoms with van der Waals surface area (Å²) in [5.74, 6) is -1.87. The van der Waals surface area contributed by atoms with E-state index in [2.05, 4.69) is 15.5 Å². The number of piperazine rings is 2. The van der Waals surface area contributed by atoms with E-state index in [0.717, 1.165) is 9.99 Å². The standard InChI is InChI=1S/C21H28N6O6S/c1-14-18(20(30)24-21(31)23-14)34(32,33)27-8-7-22-19(29)16(27)13-17(28)26-11-9-25(10-12-26)15-5-3-2-4-6-15/h2-6,14,16,18H,7-13H2,1H3,(H,22,29)(H2,23,24,30,31). The molecule has 3 unspecified atom stereocenters. The first kappa shape index (κ1) is 24.0. The zero-order valence-corrected chi connectivity index (χ0v) is 19.6. The van der Waals surface area contributed by atoms with Gasteiger partial charge in [-0.3, -0.25) is 19.7 Å². The van der Waals surface area contributed by atoms with Crippen molar-refractivity contribution in [3.63, 3.8) is 0 Å². The smallest absolute Gasteiger partial charge is 0.321 e. The van der Waals surface area contributed by atoms with E-state index in [1.807, 2.05) is 35.6 Å². The van der Waals surface area contributed by atoms with Gasteiger partial charge in [-0.05, 0) is 19.1 Å². The average Bonchev–Trinajstić information content (AvgIpc) is 2.80. The van der Waals surface area contributed by atoms with E-state index in [1.165, 1.54) is 6.92 Å². The Morgan fingerprint density at radius 3 is 2.32 bits per heavy atom. The van der Waals surface area contributed by atoms with E-state index in [-0.39, 0.29) is 25.4 Å². The lowest BCUT2D eigenvalue weighted by atomic mass is 10.1. The lowest BCUT2D eigenvalue weighted by Gasteiger charge is -2.40. The highest BCUT2D eigenvalue weighted by atomic mass is 32.2. The Hall–Kier alpha value is -3.19. The van der Waals surface area contributed by atoms with Gasteiger partial charge in [0.15, 0.2) is 5.25 Å². The van der Waals surface area contributed by atoms with Crippen LogP contribution in [0.5, 0.6) is 0 Å². The number of rotatable bonds is 5. The number of anilines is 1. The van der Waals surface area contributed by atoms with Gasteiger partial charge in [0.2, 0.25) is 27.7 Å². The SMILES string of the molecule is CC1NC(=O)NC(=O)C1S(=O)(=O)N1CCNC(=O)C1CC(=O)N1CCN(c2ccccc2)CC1. The molecular weight excluding hydrogens is 464 g/mol. The molecule has 0 saturated carbocycles. The van der Waals surface area contributed by atoms with E-state index in [1.54, 1.807) is 4.90 Å². The zero-order valence-electron chi connectivity index (χ0n) is 18.8. The number of nitrogens with zero attached hydrogens (tertiary/aromatic N) is 3. The number of para-hydroxylation sites is 1. The Labute approximate surface area is 197 Å². The van der Waals surface area contributed by atoms with Crippen molar-refractivity contribution in [2.45, 2.75) is 30.7 Å². The predicted octanol–water partition coefficient (Wildman–Crippen LogP) is -1.55. The molecule has 0 spiro atoms. The van der Waals surface area contributed by atoms with Crippen LogP contribution in [0.15, 0.2) is 30.3 Å². The van der Waals surface area contributed by atoms with Crippen LogP contribution in [0.3, 0.4) is 0 Å². The number of carbonyl (C=O) groups excluding carboxylic acids is 4.